The SMILES string of the molecule is Cc1cc(NC(=O)C[NH+]2C[C@H](C)C[C@@H](C)C2)nc2c1c(=O)oc1ccccc12. The Morgan fingerprint density at radius 1 is 1.25 bits per heavy atom. The number of quaternary nitrogens is 1. The summed E-state index contributed by atoms with van der Waals surface area (Å²) in [5.41, 5.74) is 1.40. The van der Waals surface area contributed by atoms with Crippen LogP contribution in [-0.4, -0.2) is 30.5 Å². The van der Waals surface area contributed by atoms with Gasteiger partial charge in [-0.1, -0.05) is 26.0 Å². The van der Waals surface area contributed by atoms with Crippen LogP contribution < -0.4 is 15.8 Å². The van der Waals surface area contributed by atoms with Crippen LogP contribution >= 0.6 is 0 Å². The molecule has 2 aromatic heterocycles. The number of carbonyl (C=O) groups is 1. The van der Waals surface area contributed by atoms with Crippen LogP contribution in [0.4, 0.5) is 5.82 Å². The zero-order chi connectivity index (χ0) is 19.8. The van der Waals surface area contributed by atoms with Crippen molar-refractivity contribution in [2.24, 2.45) is 11.8 Å². The highest BCUT2D eigenvalue weighted by Gasteiger charge is 2.27. The zero-order valence-corrected chi connectivity index (χ0v) is 16.5. The fourth-order valence-electron chi connectivity index (χ4n) is 4.57. The van der Waals surface area contributed by atoms with E-state index in [4.69, 9.17) is 4.42 Å². The first-order chi connectivity index (χ1) is 13.4. The molecule has 3 aromatic rings. The van der Waals surface area contributed by atoms with Crippen LogP contribution in [-0.2, 0) is 4.79 Å². The highest BCUT2D eigenvalue weighted by molar-refractivity contribution is 6.04. The number of pyridine rings is 1. The second kappa shape index (κ2) is 7.36. The number of likely N-dealkylation sites (tertiary alicyclic amines) is 1. The predicted octanol–water partition coefficient (Wildman–Crippen LogP) is 2.15. The first-order valence-electron chi connectivity index (χ1n) is 9.87. The van der Waals surface area contributed by atoms with Crippen LogP contribution in [0.25, 0.3) is 21.9 Å². The summed E-state index contributed by atoms with van der Waals surface area (Å²) in [5, 5.41) is 4.16. The molecule has 4 rings (SSSR count). The molecule has 6 nitrogen and oxygen atoms in total. The Bertz CT molecular complexity index is 1100. The van der Waals surface area contributed by atoms with Gasteiger partial charge < -0.3 is 14.6 Å². The van der Waals surface area contributed by atoms with Crippen molar-refractivity contribution < 1.29 is 14.1 Å². The van der Waals surface area contributed by atoms with Crippen LogP contribution in [0, 0.1) is 18.8 Å². The zero-order valence-electron chi connectivity index (χ0n) is 16.5. The number of rotatable bonds is 3. The molecule has 0 bridgehead atoms. The molecule has 1 saturated heterocycles. The largest absolute Gasteiger partial charge is 0.422 e. The number of carbonyl (C=O) groups excluding carboxylic acids is 1. The van der Waals surface area contributed by atoms with E-state index >= 15 is 0 Å². The van der Waals surface area contributed by atoms with Crippen LogP contribution in [0.1, 0.15) is 25.8 Å². The number of para-hydroxylation sites is 1. The van der Waals surface area contributed by atoms with Crippen molar-refractivity contribution in [1.82, 2.24) is 4.98 Å². The third-order valence-electron chi connectivity index (χ3n) is 5.52. The number of fused-ring (bicyclic) bond motifs is 3. The molecular weight excluding hydrogens is 354 g/mol. The molecule has 1 aromatic carbocycles. The Morgan fingerprint density at radius 2 is 1.96 bits per heavy atom. The molecule has 28 heavy (non-hydrogen) atoms. The van der Waals surface area contributed by atoms with Crippen LogP contribution in [0.2, 0.25) is 0 Å². The molecular formula is C22H26N3O3+. The van der Waals surface area contributed by atoms with Gasteiger partial charge in [-0.25, -0.2) is 9.78 Å². The summed E-state index contributed by atoms with van der Waals surface area (Å²) >= 11 is 0. The topological polar surface area (TPSA) is 76.6 Å². The minimum atomic E-state index is -0.405. The summed E-state index contributed by atoms with van der Waals surface area (Å²) in [4.78, 5) is 30.9. The van der Waals surface area contributed by atoms with E-state index < -0.39 is 5.63 Å². The Kier molecular flexibility index (Phi) is 4.89. The molecule has 1 aliphatic rings. The Balaban J connectivity index is 1.63. The van der Waals surface area contributed by atoms with E-state index in [1.165, 1.54) is 11.3 Å². The van der Waals surface area contributed by atoms with Gasteiger partial charge in [-0.05, 0) is 37.1 Å². The summed E-state index contributed by atoms with van der Waals surface area (Å²) in [5.74, 6) is 1.70. The van der Waals surface area contributed by atoms with Crippen molar-refractivity contribution in [3.8, 4) is 0 Å². The van der Waals surface area contributed by atoms with Gasteiger partial charge in [0.25, 0.3) is 5.91 Å². The van der Waals surface area contributed by atoms with Gasteiger partial charge in [0.1, 0.15) is 11.4 Å². The number of aryl methyl sites for hydroxylation is 1. The molecule has 1 fully saturated rings. The molecule has 0 unspecified atom stereocenters. The second-order valence-corrected chi connectivity index (χ2v) is 8.26. The number of aromatic nitrogens is 1. The van der Waals surface area contributed by atoms with Crippen molar-refractivity contribution in [3.05, 3.63) is 46.3 Å². The minimum absolute atomic E-state index is 0.0465. The Labute approximate surface area is 163 Å². The van der Waals surface area contributed by atoms with Gasteiger partial charge in [-0.3, -0.25) is 4.79 Å². The van der Waals surface area contributed by atoms with Gasteiger partial charge in [0.15, 0.2) is 6.54 Å². The molecule has 0 saturated carbocycles. The lowest BCUT2D eigenvalue weighted by Crippen LogP contribution is -3.15. The van der Waals surface area contributed by atoms with E-state index in [-0.39, 0.29) is 5.91 Å². The van der Waals surface area contributed by atoms with Gasteiger partial charge in [-0.15, -0.1) is 0 Å². The lowest BCUT2D eigenvalue weighted by atomic mass is 9.92. The van der Waals surface area contributed by atoms with Crippen LogP contribution in [0.5, 0.6) is 0 Å². The minimum Gasteiger partial charge on any atom is -0.422 e. The normalized spacial score (nSPS) is 22.5. The molecule has 146 valence electrons. The maximum Gasteiger partial charge on any atom is 0.346 e. The third kappa shape index (κ3) is 3.64. The van der Waals surface area contributed by atoms with E-state index in [1.54, 1.807) is 12.1 Å². The number of benzene rings is 1. The number of anilines is 1. The average molecular weight is 380 g/mol. The lowest BCUT2D eigenvalue weighted by molar-refractivity contribution is -0.904. The fraction of sp³-hybridized carbons (Fsp3) is 0.409. The number of amides is 1. The summed E-state index contributed by atoms with van der Waals surface area (Å²) in [7, 11) is 0. The van der Waals surface area contributed by atoms with E-state index in [9.17, 15) is 9.59 Å². The number of piperidine rings is 1. The standard InChI is InChI=1S/C22H25N3O3/c1-13-8-14(2)11-25(10-13)12-19(26)23-18-9-15(3)20-21(24-18)16-6-4-5-7-17(16)28-22(20)27/h4-7,9,13-14H,8,10-12H2,1-3H3,(H,23,24,26)/p+1/t13-,14-/m1/s1. The predicted molar refractivity (Wildman–Crippen MR) is 110 cm³/mol. The van der Waals surface area contributed by atoms with Gasteiger partial charge >= 0.3 is 5.63 Å². The van der Waals surface area contributed by atoms with Crippen molar-refractivity contribution in [2.75, 3.05) is 25.0 Å². The molecule has 0 aliphatic carbocycles. The van der Waals surface area contributed by atoms with E-state index in [0.717, 1.165) is 24.0 Å². The van der Waals surface area contributed by atoms with Crippen molar-refractivity contribution in [1.29, 1.82) is 0 Å². The summed E-state index contributed by atoms with van der Waals surface area (Å²) < 4.78 is 5.41. The van der Waals surface area contributed by atoms with Gasteiger partial charge in [0.05, 0.1) is 24.0 Å². The fourth-order valence-corrected chi connectivity index (χ4v) is 4.57. The van der Waals surface area contributed by atoms with Gasteiger partial charge in [-0.2, -0.15) is 0 Å². The number of hydrogen-bond acceptors (Lipinski definition) is 4. The molecule has 0 radical (unpaired) electrons. The van der Waals surface area contributed by atoms with E-state index in [1.807, 2.05) is 25.1 Å². The summed E-state index contributed by atoms with van der Waals surface area (Å²) in [6.45, 7) is 8.81. The molecule has 2 atom stereocenters. The van der Waals surface area contributed by atoms with Crippen LogP contribution in [0.15, 0.2) is 39.5 Å². The third-order valence-corrected chi connectivity index (χ3v) is 5.52. The Morgan fingerprint density at radius 3 is 2.71 bits per heavy atom. The number of hydrogen-bond donors (Lipinski definition) is 2. The van der Waals surface area contributed by atoms with Crippen molar-refractivity contribution >= 4 is 33.6 Å². The molecule has 0 spiro atoms. The maximum absolute atomic E-state index is 12.6. The highest BCUT2D eigenvalue weighted by Crippen LogP contribution is 2.25. The van der Waals surface area contributed by atoms with Crippen molar-refractivity contribution in [2.45, 2.75) is 27.2 Å². The van der Waals surface area contributed by atoms with E-state index in [2.05, 4.69) is 24.1 Å². The monoisotopic (exact) mass is 380 g/mol. The quantitative estimate of drug-likeness (QED) is 0.539. The smallest absolute Gasteiger partial charge is 0.346 e. The van der Waals surface area contributed by atoms with Gasteiger partial charge in [0.2, 0.25) is 0 Å². The van der Waals surface area contributed by atoms with Gasteiger partial charge in [0, 0.05) is 17.2 Å². The first-order valence-corrected chi connectivity index (χ1v) is 9.87. The molecule has 6 heteroatoms. The average Bonchev–Trinajstić information content (AvgIpc) is 2.60. The second-order valence-electron chi connectivity index (χ2n) is 8.26. The Hall–Kier alpha value is -2.73. The molecule has 2 N–H and O–H groups in total. The molecule has 1 aliphatic heterocycles. The molecule has 3 heterocycles. The maximum atomic E-state index is 12.6. The lowest BCUT2D eigenvalue weighted by Gasteiger charge is -2.31. The number of nitrogens with one attached hydrogen (secondary N) is 2. The first kappa shape index (κ1) is 18.6. The molecule has 1 amide bonds. The number of nitrogens with zero attached hydrogens (tertiary/aromatic N) is 1. The highest BCUT2D eigenvalue weighted by atomic mass is 16.4. The summed E-state index contributed by atoms with van der Waals surface area (Å²) in [6, 6.07) is 9.06. The summed E-state index contributed by atoms with van der Waals surface area (Å²) in [6.07, 6.45) is 1.23. The van der Waals surface area contributed by atoms with Crippen LogP contribution in [0.3, 0.4) is 0 Å². The van der Waals surface area contributed by atoms with Crippen molar-refractivity contribution in [3.63, 3.8) is 0 Å². The van der Waals surface area contributed by atoms with E-state index in [0.29, 0.717) is 40.7 Å².